The standard InChI is InChI=1S/C10H13N5O3/c1-3-4(16)5-9(18)15(2)7-6(12-5)8(17)14-10(11)13-7/h4,16H,3H2,1-2H3,(H3,11,13,14,17). The van der Waals surface area contributed by atoms with Gasteiger partial charge in [0.25, 0.3) is 11.1 Å². The summed E-state index contributed by atoms with van der Waals surface area (Å²) in [4.78, 5) is 33.7. The monoisotopic (exact) mass is 251 g/mol. The van der Waals surface area contributed by atoms with Crippen molar-refractivity contribution in [1.82, 2.24) is 19.5 Å². The number of rotatable bonds is 2. The highest BCUT2D eigenvalue weighted by Crippen LogP contribution is 2.11. The number of nitrogens with two attached hydrogens (primary N) is 1. The molecule has 4 N–H and O–H groups in total. The largest absolute Gasteiger partial charge is 0.387 e. The van der Waals surface area contributed by atoms with E-state index in [1.54, 1.807) is 6.92 Å². The molecule has 0 fully saturated rings. The van der Waals surface area contributed by atoms with Gasteiger partial charge < -0.3 is 10.8 Å². The number of nitrogen functional groups attached to an aromatic ring is 1. The predicted molar refractivity (Wildman–Crippen MR) is 65.1 cm³/mol. The van der Waals surface area contributed by atoms with Crippen LogP contribution in [0.4, 0.5) is 5.95 Å². The Morgan fingerprint density at radius 3 is 2.72 bits per heavy atom. The van der Waals surface area contributed by atoms with Gasteiger partial charge in [-0.05, 0) is 6.42 Å². The second-order valence-electron chi connectivity index (χ2n) is 3.91. The number of aromatic amines is 1. The van der Waals surface area contributed by atoms with Gasteiger partial charge in [-0.1, -0.05) is 6.92 Å². The summed E-state index contributed by atoms with van der Waals surface area (Å²) in [7, 11) is 1.45. The Hall–Kier alpha value is -2.22. The molecule has 0 amide bonds. The average molecular weight is 251 g/mol. The lowest BCUT2D eigenvalue weighted by Crippen LogP contribution is -2.29. The number of fused-ring (bicyclic) bond motifs is 1. The molecule has 0 bridgehead atoms. The van der Waals surface area contributed by atoms with Gasteiger partial charge in [-0.2, -0.15) is 4.98 Å². The van der Waals surface area contributed by atoms with E-state index in [2.05, 4.69) is 15.0 Å². The first-order valence-electron chi connectivity index (χ1n) is 5.40. The fourth-order valence-electron chi connectivity index (χ4n) is 1.65. The zero-order valence-electron chi connectivity index (χ0n) is 9.97. The van der Waals surface area contributed by atoms with Crippen LogP contribution in [0, 0.1) is 0 Å². The van der Waals surface area contributed by atoms with Crippen molar-refractivity contribution in [1.29, 1.82) is 0 Å². The SMILES string of the molecule is CCC(O)c1nc2c(=O)[nH]c(N)nc2n(C)c1=O. The third kappa shape index (κ3) is 1.76. The lowest BCUT2D eigenvalue weighted by Gasteiger charge is -2.10. The van der Waals surface area contributed by atoms with Crippen LogP contribution in [0.3, 0.4) is 0 Å². The van der Waals surface area contributed by atoms with Gasteiger partial charge in [0.2, 0.25) is 5.95 Å². The van der Waals surface area contributed by atoms with E-state index >= 15 is 0 Å². The van der Waals surface area contributed by atoms with Crippen molar-refractivity contribution in [2.45, 2.75) is 19.4 Å². The smallest absolute Gasteiger partial charge is 0.280 e. The molecule has 1 unspecified atom stereocenters. The number of aliphatic hydroxyl groups excluding tert-OH is 1. The molecule has 0 saturated carbocycles. The molecule has 0 radical (unpaired) electrons. The quantitative estimate of drug-likeness (QED) is 0.631. The van der Waals surface area contributed by atoms with E-state index in [1.807, 2.05) is 0 Å². The molecule has 8 nitrogen and oxygen atoms in total. The molecular formula is C10H13N5O3. The first-order valence-corrected chi connectivity index (χ1v) is 5.40. The lowest BCUT2D eigenvalue weighted by molar-refractivity contribution is 0.167. The molecular weight excluding hydrogens is 238 g/mol. The van der Waals surface area contributed by atoms with Crippen LogP contribution in [0.25, 0.3) is 11.2 Å². The summed E-state index contributed by atoms with van der Waals surface area (Å²) in [5.41, 5.74) is 4.38. The summed E-state index contributed by atoms with van der Waals surface area (Å²) in [5.74, 6) is -0.0897. The summed E-state index contributed by atoms with van der Waals surface area (Å²) in [6.07, 6.45) is -0.682. The maximum absolute atomic E-state index is 12.0. The highest BCUT2D eigenvalue weighted by molar-refractivity contribution is 5.70. The van der Waals surface area contributed by atoms with Gasteiger partial charge >= 0.3 is 0 Å². The molecule has 0 saturated heterocycles. The number of hydrogen-bond donors (Lipinski definition) is 3. The first kappa shape index (κ1) is 12.2. The normalized spacial score (nSPS) is 12.8. The van der Waals surface area contributed by atoms with Crippen molar-refractivity contribution >= 4 is 17.1 Å². The second kappa shape index (κ2) is 4.22. The Morgan fingerprint density at radius 1 is 1.44 bits per heavy atom. The lowest BCUT2D eigenvalue weighted by atomic mass is 10.2. The molecule has 2 aromatic heterocycles. The van der Waals surface area contributed by atoms with Crippen molar-refractivity contribution in [2.24, 2.45) is 7.05 Å². The minimum absolute atomic E-state index is 0.0196. The predicted octanol–water partition coefficient (Wildman–Crippen LogP) is -0.958. The maximum atomic E-state index is 12.0. The third-order valence-electron chi connectivity index (χ3n) is 2.67. The van der Waals surface area contributed by atoms with Crippen LogP contribution >= 0.6 is 0 Å². The van der Waals surface area contributed by atoms with E-state index in [4.69, 9.17) is 5.73 Å². The topological polar surface area (TPSA) is 127 Å². The highest BCUT2D eigenvalue weighted by atomic mass is 16.3. The number of aromatic nitrogens is 4. The number of aryl methyl sites for hydroxylation is 1. The number of nitrogens with one attached hydrogen (secondary N) is 1. The molecule has 0 aliphatic carbocycles. The van der Waals surface area contributed by atoms with Gasteiger partial charge in [-0.3, -0.25) is 19.1 Å². The fourth-order valence-corrected chi connectivity index (χ4v) is 1.65. The third-order valence-corrected chi connectivity index (χ3v) is 2.67. The van der Waals surface area contributed by atoms with Crippen LogP contribution in [0.2, 0.25) is 0 Å². The molecule has 0 aliphatic heterocycles. The number of H-pyrrole nitrogens is 1. The maximum Gasteiger partial charge on any atom is 0.280 e. The van der Waals surface area contributed by atoms with Crippen LogP contribution in [-0.2, 0) is 7.05 Å². The van der Waals surface area contributed by atoms with Gasteiger partial charge in [0.15, 0.2) is 11.2 Å². The summed E-state index contributed by atoms with van der Waals surface area (Å²) in [6, 6.07) is 0. The highest BCUT2D eigenvalue weighted by Gasteiger charge is 2.17. The molecule has 8 heteroatoms. The molecule has 2 heterocycles. The summed E-state index contributed by atoms with van der Waals surface area (Å²) < 4.78 is 1.15. The van der Waals surface area contributed by atoms with Crippen LogP contribution in [-0.4, -0.2) is 24.6 Å². The number of aliphatic hydroxyl groups is 1. The fraction of sp³-hybridized carbons (Fsp3) is 0.400. The Morgan fingerprint density at radius 2 is 2.11 bits per heavy atom. The minimum Gasteiger partial charge on any atom is -0.387 e. The van der Waals surface area contributed by atoms with E-state index in [0.29, 0.717) is 6.42 Å². The van der Waals surface area contributed by atoms with Crippen LogP contribution < -0.4 is 16.9 Å². The summed E-state index contributed by atoms with van der Waals surface area (Å²) in [5, 5.41) is 9.71. The van der Waals surface area contributed by atoms with Gasteiger partial charge in [-0.15, -0.1) is 0 Å². The van der Waals surface area contributed by atoms with Crippen molar-refractivity contribution in [2.75, 3.05) is 5.73 Å². The van der Waals surface area contributed by atoms with Gasteiger partial charge in [0.05, 0.1) is 0 Å². The van der Waals surface area contributed by atoms with Crippen molar-refractivity contribution < 1.29 is 5.11 Å². The Kier molecular flexibility index (Phi) is 2.87. The van der Waals surface area contributed by atoms with Gasteiger partial charge in [0, 0.05) is 7.05 Å². The molecule has 0 aliphatic rings. The van der Waals surface area contributed by atoms with E-state index in [1.165, 1.54) is 7.05 Å². The molecule has 0 spiro atoms. The minimum atomic E-state index is -1.01. The molecule has 2 aromatic rings. The van der Waals surface area contributed by atoms with E-state index < -0.39 is 17.2 Å². The van der Waals surface area contributed by atoms with Crippen molar-refractivity contribution in [3.05, 3.63) is 26.4 Å². The van der Waals surface area contributed by atoms with Crippen LogP contribution in [0.1, 0.15) is 25.1 Å². The molecule has 0 aromatic carbocycles. The first-order chi connectivity index (χ1) is 8.45. The molecule has 18 heavy (non-hydrogen) atoms. The van der Waals surface area contributed by atoms with Crippen LogP contribution in [0.5, 0.6) is 0 Å². The Balaban J connectivity index is 2.93. The second-order valence-corrected chi connectivity index (χ2v) is 3.91. The number of hydrogen-bond acceptors (Lipinski definition) is 6. The molecule has 1 atom stereocenters. The number of anilines is 1. The zero-order chi connectivity index (χ0) is 13.4. The van der Waals surface area contributed by atoms with E-state index in [9.17, 15) is 14.7 Å². The molecule has 2 rings (SSSR count). The van der Waals surface area contributed by atoms with Gasteiger partial charge in [0.1, 0.15) is 11.8 Å². The Bertz CT molecular complexity index is 718. The molecule has 96 valence electrons. The van der Waals surface area contributed by atoms with Crippen LogP contribution in [0.15, 0.2) is 9.59 Å². The van der Waals surface area contributed by atoms with Crippen molar-refractivity contribution in [3.63, 3.8) is 0 Å². The van der Waals surface area contributed by atoms with E-state index in [0.717, 1.165) is 4.57 Å². The summed E-state index contributed by atoms with van der Waals surface area (Å²) >= 11 is 0. The van der Waals surface area contributed by atoms with Crippen molar-refractivity contribution in [3.8, 4) is 0 Å². The van der Waals surface area contributed by atoms with E-state index in [-0.39, 0.29) is 22.8 Å². The average Bonchev–Trinajstić information content (AvgIpc) is 2.33. The summed E-state index contributed by atoms with van der Waals surface area (Å²) in [6.45, 7) is 1.71. The Labute approximate surface area is 101 Å². The zero-order valence-corrected chi connectivity index (χ0v) is 9.97. The number of nitrogens with zero attached hydrogens (tertiary/aromatic N) is 3. The van der Waals surface area contributed by atoms with Gasteiger partial charge in [-0.25, -0.2) is 4.98 Å².